The monoisotopic (exact) mass is 368 g/mol. The van der Waals surface area contributed by atoms with Crippen molar-refractivity contribution < 1.29 is 14.3 Å². The number of hydrogen-bond acceptors (Lipinski definition) is 3. The second-order valence-electron chi connectivity index (χ2n) is 6.07. The number of ether oxygens (including phenoxy) is 2. The molecule has 1 aromatic carbocycles. The summed E-state index contributed by atoms with van der Waals surface area (Å²) in [5, 5.41) is 0. The Hall–Kier alpha value is -1.03. The van der Waals surface area contributed by atoms with E-state index in [4.69, 9.17) is 9.47 Å². The van der Waals surface area contributed by atoms with E-state index in [-0.39, 0.29) is 10.7 Å². The Morgan fingerprint density at radius 3 is 2.32 bits per heavy atom. The van der Waals surface area contributed by atoms with Crippen molar-refractivity contribution in [3.05, 3.63) is 23.3 Å². The molecule has 0 N–H and O–H groups in total. The fourth-order valence-electron chi connectivity index (χ4n) is 3.60. The van der Waals surface area contributed by atoms with E-state index in [2.05, 4.69) is 15.9 Å². The molecule has 1 aromatic rings. The largest absolute Gasteiger partial charge is 0.496 e. The lowest BCUT2D eigenvalue weighted by Crippen LogP contribution is -2.25. The number of aryl methyl sites for hydroxylation is 1. The lowest BCUT2D eigenvalue weighted by atomic mass is 9.75. The van der Waals surface area contributed by atoms with Crippen molar-refractivity contribution in [1.29, 1.82) is 0 Å². The van der Waals surface area contributed by atoms with Gasteiger partial charge in [-0.2, -0.15) is 0 Å². The Morgan fingerprint density at radius 2 is 1.77 bits per heavy atom. The van der Waals surface area contributed by atoms with Crippen LogP contribution in [0.5, 0.6) is 11.5 Å². The highest BCUT2D eigenvalue weighted by molar-refractivity contribution is 9.10. The molecule has 2 unspecified atom stereocenters. The molecule has 1 saturated carbocycles. The molecular weight excluding hydrogens is 344 g/mol. The van der Waals surface area contributed by atoms with E-state index in [0.29, 0.717) is 5.92 Å². The lowest BCUT2D eigenvalue weighted by Gasteiger charge is -2.33. The summed E-state index contributed by atoms with van der Waals surface area (Å²) in [6, 6.07) is 4.06. The van der Waals surface area contributed by atoms with Gasteiger partial charge in [0.05, 0.1) is 19.0 Å². The van der Waals surface area contributed by atoms with Crippen LogP contribution < -0.4 is 9.47 Å². The van der Waals surface area contributed by atoms with Crippen LogP contribution in [0.15, 0.2) is 12.1 Å². The minimum absolute atomic E-state index is 0.127. The van der Waals surface area contributed by atoms with Crippen molar-refractivity contribution in [2.24, 2.45) is 5.92 Å². The second kappa shape index (κ2) is 8.00. The maximum absolute atomic E-state index is 11.5. The summed E-state index contributed by atoms with van der Waals surface area (Å²) < 4.78 is 11.1. The van der Waals surface area contributed by atoms with Gasteiger partial charge in [-0.25, -0.2) is 0 Å². The van der Waals surface area contributed by atoms with Crippen molar-refractivity contribution in [2.45, 2.75) is 49.8 Å². The van der Waals surface area contributed by atoms with Crippen LogP contribution in [-0.2, 0) is 4.79 Å². The summed E-state index contributed by atoms with van der Waals surface area (Å²) >= 11 is 3.58. The third-order valence-electron chi connectivity index (χ3n) is 4.74. The molecule has 3 nitrogen and oxygen atoms in total. The molecule has 0 radical (unpaired) electrons. The van der Waals surface area contributed by atoms with Gasteiger partial charge in [0.15, 0.2) is 0 Å². The Labute approximate surface area is 141 Å². The Bertz CT molecular complexity index is 509. The quantitative estimate of drug-likeness (QED) is 0.541. The highest BCUT2D eigenvalue weighted by Crippen LogP contribution is 2.44. The van der Waals surface area contributed by atoms with Crippen LogP contribution in [0.25, 0.3) is 0 Å². The van der Waals surface area contributed by atoms with Crippen LogP contribution in [-0.4, -0.2) is 25.3 Å². The van der Waals surface area contributed by atoms with Gasteiger partial charge >= 0.3 is 0 Å². The minimum Gasteiger partial charge on any atom is -0.496 e. The number of alkyl halides is 1. The van der Waals surface area contributed by atoms with Gasteiger partial charge < -0.3 is 14.3 Å². The number of carbonyl (C=O) groups is 1. The molecule has 1 aliphatic rings. The first-order valence-corrected chi connectivity index (χ1v) is 8.85. The number of aldehydes is 1. The van der Waals surface area contributed by atoms with Gasteiger partial charge in [0.1, 0.15) is 17.8 Å². The first-order valence-electron chi connectivity index (χ1n) is 7.94. The lowest BCUT2D eigenvalue weighted by molar-refractivity contribution is -0.107. The second-order valence-corrected chi connectivity index (χ2v) is 7.13. The normalized spacial score (nSPS) is 18.5. The molecule has 0 spiro atoms. The first kappa shape index (κ1) is 17.3. The van der Waals surface area contributed by atoms with E-state index in [0.717, 1.165) is 28.9 Å². The molecule has 4 heteroatoms. The highest BCUT2D eigenvalue weighted by atomic mass is 79.9. The molecule has 0 saturated heterocycles. The highest BCUT2D eigenvalue weighted by Gasteiger charge is 2.33. The zero-order valence-electron chi connectivity index (χ0n) is 13.6. The maximum atomic E-state index is 11.5. The van der Waals surface area contributed by atoms with Gasteiger partial charge in [-0.05, 0) is 43.4 Å². The summed E-state index contributed by atoms with van der Waals surface area (Å²) in [5.74, 6) is 2.33. The SMILES string of the molecule is COc1cc(C(C(Br)C=O)C2CCCCC2)c(OC)cc1C. The molecule has 2 atom stereocenters. The van der Waals surface area contributed by atoms with Gasteiger partial charge in [-0.15, -0.1) is 0 Å². The molecule has 1 aliphatic carbocycles. The van der Waals surface area contributed by atoms with Crippen molar-refractivity contribution >= 4 is 22.2 Å². The number of benzene rings is 1. The average Bonchev–Trinajstić information content (AvgIpc) is 2.56. The van der Waals surface area contributed by atoms with E-state index < -0.39 is 0 Å². The van der Waals surface area contributed by atoms with Gasteiger partial charge in [-0.1, -0.05) is 35.2 Å². The average molecular weight is 369 g/mol. The van der Waals surface area contributed by atoms with E-state index >= 15 is 0 Å². The molecule has 0 aromatic heterocycles. The molecule has 0 aliphatic heterocycles. The van der Waals surface area contributed by atoms with Crippen LogP contribution in [0.1, 0.15) is 49.1 Å². The Kier molecular flexibility index (Phi) is 6.30. The molecule has 2 rings (SSSR count). The van der Waals surface area contributed by atoms with E-state index in [1.165, 1.54) is 32.1 Å². The van der Waals surface area contributed by atoms with E-state index in [1.54, 1.807) is 14.2 Å². The fourth-order valence-corrected chi connectivity index (χ4v) is 4.31. The van der Waals surface area contributed by atoms with E-state index in [9.17, 15) is 4.79 Å². The third-order valence-corrected chi connectivity index (χ3v) is 5.52. The van der Waals surface area contributed by atoms with Crippen molar-refractivity contribution in [3.63, 3.8) is 0 Å². The number of rotatable bonds is 6. The van der Waals surface area contributed by atoms with Gasteiger partial charge in [0, 0.05) is 11.5 Å². The minimum atomic E-state index is -0.197. The smallest absolute Gasteiger partial charge is 0.134 e. The molecule has 0 bridgehead atoms. The molecule has 1 fully saturated rings. The van der Waals surface area contributed by atoms with Crippen LogP contribution in [0.4, 0.5) is 0 Å². The molecule has 0 amide bonds. The van der Waals surface area contributed by atoms with E-state index in [1.807, 2.05) is 19.1 Å². The van der Waals surface area contributed by atoms with Crippen LogP contribution in [0.2, 0.25) is 0 Å². The summed E-state index contributed by atoms with van der Waals surface area (Å²) in [5.41, 5.74) is 2.12. The number of halogens is 1. The maximum Gasteiger partial charge on any atom is 0.134 e. The molecule has 122 valence electrons. The van der Waals surface area contributed by atoms with Crippen LogP contribution in [0, 0.1) is 12.8 Å². The van der Waals surface area contributed by atoms with Crippen molar-refractivity contribution in [2.75, 3.05) is 14.2 Å². The number of hydrogen-bond donors (Lipinski definition) is 0. The molecule has 0 heterocycles. The third kappa shape index (κ3) is 3.65. The van der Waals surface area contributed by atoms with Crippen LogP contribution >= 0.6 is 15.9 Å². The number of carbonyl (C=O) groups excluding carboxylic acids is 1. The fraction of sp³-hybridized carbons (Fsp3) is 0.611. The summed E-state index contributed by atoms with van der Waals surface area (Å²) in [6.07, 6.45) is 7.12. The first-order chi connectivity index (χ1) is 10.6. The predicted molar refractivity (Wildman–Crippen MR) is 92.4 cm³/mol. The topological polar surface area (TPSA) is 35.5 Å². The zero-order chi connectivity index (χ0) is 16.1. The molecular formula is C18H25BrO3. The Morgan fingerprint density at radius 1 is 1.14 bits per heavy atom. The summed E-state index contributed by atoms with van der Waals surface area (Å²) in [6.45, 7) is 2.01. The van der Waals surface area contributed by atoms with Gasteiger partial charge in [0.2, 0.25) is 0 Å². The standard InChI is InChI=1S/C18H25BrO3/c1-12-9-17(22-3)14(10-16(12)21-2)18(15(19)11-20)13-7-5-4-6-8-13/h9-11,13,15,18H,4-8H2,1-3H3. The van der Waals surface area contributed by atoms with Crippen LogP contribution in [0.3, 0.4) is 0 Å². The van der Waals surface area contributed by atoms with Gasteiger partial charge in [-0.3, -0.25) is 0 Å². The predicted octanol–water partition coefficient (Wildman–Crippen LogP) is 4.64. The number of methoxy groups -OCH3 is 2. The Balaban J connectivity index is 2.47. The molecule has 22 heavy (non-hydrogen) atoms. The summed E-state index contributed by atoms with van der Waals surface area (Å²) in [7, 11) is 3.37. The zero-order valence-corrected chi connectivity index (χ0v) is 15.2. The summed E-state index contributed by atoms with van der Waals surface area (Å²) in [4.78, 5) is 11.3. The van der Waals surface area contributed by atoms with Crippen molar-refractivity contribution in [1.82, 2.24) is 0 Å². The van der Waals surface area contributed by atoms with Gasteiger partial charge in [0.25, 0.3) is 0 Å². The van der Waals surface area contributed by atoms with Crippen molar-refractivity contribution in [3.8, 4) is 11.5 Å².